The maximum absolute atomic E-state index is 11.1. The second-order valence-electron chi connectivity index (χ2n) is 3.98. The quantitative estimate of drug-likeness (QED) is 0.478. The summed E-state index contributed by atoms with van der Waals surface area (Å²) in [6.07, 6.45) is 0.601. The SMILES string of the molecule is COC(=O)CCc1ccc2cccc([N+](=O)[O-])c2n1. The van der Waals surface area contributed by atoms with Crippen LogP contribution in [0.25, 0.3) is 10.9 Å². The van der Waals surface area contributed by atoms with E-state index in [4.69, 9.17) is 0 Å². The molecule has 2 rings (SSSR count). The van der Waals surface area contributed by atoms with Crippen LogP contribution in [-0.4, -0.2) is 23.0 Å². The van der Waals surface area contributed by atoms with Crippen LogP contribution in [0.15, 0.2) is 30.3 Å². The third-order valence-electron chi connectivity index (χ3n) is 2.77. The molecule has 1 heterocycles. The smallest absolute Gasteiger partial charge is 0.305 e. The molecule has 98 valence electrons. The zero-order valence-corrected chi connectivity index (χ0v) is 10.3. The van der Waals surface area contributed by atoms with Gasteiger partial charge in [-0.1, -0.05) is 18.2 Å². The van der Waals surface area contributed by atoms with E-state index in [1.165, 1.54) is 13.2 Å². The first-order chi connectivity index (χ1) is 9.11. The third kappa shape index (κ3) is 2.85. The molecule has 0 aliphatic rings. The molecule has 0 radical (unpaired) electrons. The highest BCUT2D eigenvalue weighted by Gasteiger charge is 2.13. The van der Waals surface area contributed by atoms with E-state index in [0.29, 0.717) is 23.0 Å². The lowest BCUT2D eigenvalue weighted by atomic mass is 10.1. The van der Waals surface area contributed by atoms with Gasteiger partial charge in [-0.05, 0) is 6.07 Å². The van der Waals surface area contributed by atoms with E-state index >= 15 is 0 Å². The summed E-state index contributed by atoms with van der Waals surface area (Å²) in [4.78, 5) is 25.8. The van der Waals surface area contributed by atoms with Crippen molar-refractivity contribution in [1.82, 2.24) is 4.98 Å². The predicted molar refractivity (Wildman–Crippen MR) is 68.7 cm³/mol. The number of benzene rings is 1. The number of aromatic nitrogens is 1. The average molecular weight is 260 g/mol. The van der Waals surface area contributed by atoms with Crippen LogP contribution in [0.3, 0.4) is 0 Å². The number of carbonyl (C=O) groups is 1. The van der Waals surface area contributed by atoms with Crippen molar-refractivity contribution >= 4 is 22.6 Å². The van der Waals surface area contributed by atoms with Gasteiger partial charge in [-0.2, -0.15) is 0 Å². The van der Waals surface area contributed by atoms with Crippen molar-refractivity contribution in [3.63, 3.8) is 0 Å². The molecule has 2 aromatic rings. The minimum Gasteiger partial charge on any atom is -0.469 e. The minimum atomic E-state index is -0.459. The highest BCUT2D eigenvalue weighted by Crippen LogP contribution is 2.23. The summed E-state index contributed by atoms with van der Waals surface area (Å²) < 4.78 is 4.55. The monoisotopic (exact) mass is 260 g/mol. The lowest BCUT2D eigenvalue weighted by molar-refractivity contribution is -0.383. The van der Waals surface area contributed by atoms with Gasteiger partial charge in [0.15, 0.2) is 0 Å². The molecule has 0 aliphatic carbocycles. The average Bonchev–Trinajstić information content (AvgIpc) is 2.43. The molecular weight excluding hydrogens is 248 g/mol. The summed E-state index contributed by atoms with van der Waals surface area (Å²) in [5.41, 5.74) is 0.944. The van der Waals surface area contributed by atoms with Crippen LogP contribution >= 0.6 is 0 Å². The number of rotatable bonds is 4. The fraction of sp³-hybridized carbons (Fsp3) is 0.231. The number of carbonyl (C=O) groups excluding carboxylic acids is 1. The number of nitrogens with zero attached hydrogens (tertiary/aromatic N) is 2. The van der Waals surface area contributed by atoms with Gasteiger partial charge in [-0.15, -0.1) is 0 Å². The minimum absolute atomic E-state index is 0.0302. The number of hydrogen-bond donors (Lipinski definition) is 0. The van der Waals surface area contributed by atoms with Gasteiger partial charge in [-0.25, -0.2) is 4.98 Å². The molecule has 6 heteroatoms. The van der Waals surface area contributed by atoms with Crippen LogP contribution in [0.5, 0.6) is 0 Å². The molecule has 0 aliphatic heterocycles. The molecule has 6 nitrogen and oxygen atoms in total. The fourth-order valence-corrected chi connectivity index (χ4v) is 1.79. The molecule has 19 heavy (non-hydrogen) atoms. The first-order valence-electron chi connectivity index (χ1n) is 5.71. The molecule has 1 aromatic heterocycles. The third-order valence-corrected chi connectivity index (χ3v) is 2.77. The van der Waals surface area contributed by atoms with Crippen molar-refractivity contribution in [2.24, 2.45) is 0 Å². The van der Waals surface area contributed by atoms with Gasteiger partial charge in [0.2, 0.25) is 0 Å². The van der Waals surface area contributed by atoms with Gasteiger partial charge >= 0.3 is 5.97 Å². The molecule has 0 saturated carbocycles. The normalized spacial score (nSPS) is 10.4. The molecule has 1 aromatic carbocycles. The Morgan fingerprint density at radius 2 is 2.16 bits per heavy atom. The van der Waals surface area contributed by atoms with Gasteiger partial charge in [0.05, 0.1) is 18.5 Å². The maximum Gasteiger partial charge on any atom is 0.305 e. The Morgan fingerprint density at radius 3 is 2.84 bits per heavy atom. The Balaban J connectivity index is 2.36. The number of aryl methyl sites for hydroxylation is 1. The summed E-state index contributed by atoms with van der Waals surface area (Å²) in [5, 5.41) is 11.6. The zero-order chi connectivity index (χ0) is 13.8. The molecule has 0 N–H and O–H groups in total. The molecule has 0 amide bonds. The highest BCUT2D eigenvalue weighted by molar-refractivity contribution is 5.87. The Labute approximate surface area is 109 Å². The van der Waals surface area contributed by atoms with Crippen molar-refractivity contribution in [3.8, 4) is 0 Å². The number of para-hydroxylation sites is 1. The predicted octanol–water partition coefficient (Wildman–Crippen LogP) is 2.25. The van der Waals surface area contributed by atoms with Gasteiger partial charge < -0.3 is 4.74 Å². The molecule has 0 saturated heterocycles. The van der Waals surface area contributed by atoms with E-state index in [0.717, 1.165) is 0 Å². The van der Waals surface area contributed by atoms with Crippen LogP contribution in [-0.2, 0) is 16.0 Å². The molecule has 0 bridgehead atoms. The van der Waals surface area contributed by atoms with Gasteiger partial charge in [0, 0.05) is 23.6 Å². The van der Waals surface area contributed by atoms with Crippen molar-refractivity contribution < 1.29 is 14.5 Å². The van der Waals surface area contributed by atoms with Gasteiger partial charge in [0.25, 0.3) is 5.69 Å². The Morgan fingerprint density at radius 1 is 1.37 bits per heavy atom. The van der Waals surface area contributed by atoms with Crippen LogP contribution in [0.4, 0.5) is 5.69 Å². The molecule has 0 atom stereocenters. The number of non-ortho nitro benzene ring substituents is 1. The topological polar surface area (TPSA) is 82.3 Å². The lowest BCUT2D eigenvalue weighted by Crippen LogP contribution is -2.03. The first kappa shape index (κ1) is 12.9. The summed E-state index contributed by atoms with van der Waals surface area (Å²) in [6.45, 7) is 0. The Kier molecular flexibility index (Phi) is 3.70. The van der Waals surface area contributed by atoms with Crippen LogP contribution < -0.4 is 0 Å². The first-order valence-corrected chi connectivity index (χ1v) is 5.71. The molecule has 0 unspecified atom stereocenters. The van der Waals surface area contributed by atoms with E-state index in [1.807, 2.05) is 0 Å². The lowest BCUT2D eigenvalue weighted by Gasteiger charge is -2.03. The summed E-state index contributed by atoms with van der Waals surface area (Å²) in [5.74, 6) is -0.329. The van der Waals surface area contributed by atoms with Crippen molar-refractivity contribution in [2.45, 2.75) is 12.8 Å². The van der Waals surface area contributed by atoms with Gasteiger partial charge in [-0.3, -0.25) is 14.9 Å². The van der Waals surface area contributed by atoms with Gasteiger partial charge in [0.1, 0.15) is 5.52 Å². The van der Waals surface area contributed by atoms with Crippen LogP contribution in [0.1, 0.15) is 12.1 Å². The summed E-state index contributed by atoms with van der Waals surface area (Å²) >= 11 is 0. The van der Waals surface area contributed by atoms with E-state index in [9.17, 15) is 14.9 Å². The highest BCUT2D eigenvalue weighted by atomic mass is 16.6. The van der Waals surface area contributed by atoms with E-state index in [1.54, 1.807) is 24.3 Å². The largest absolute Gasteiger partial charge is 0.469 e. The molecule has 0 fully saturated rings. The number of ether oxygens (including phenoxy) is 1. The molecule has 0 spiro atoms. The van der Waals surface area contributed by atoms with E-state index < -0.39 is 4.92 Å². The zero-order valence-electron chi connectivity index (χ0n) is 10.3. The number of fused-ring (bicyclic) bond motifs is 1. The van der Waals surface area contributed by atoms with Crippen LogP contribution in [0.2, 0.25) is 0 Å². The Hall–Kier alpha value is -2.50. The number of hydrogen-bond acceptors (Lipinski definition) is 5. The maximum atomic E-state index is 11.1. The number of esters is 1. The second-order valence-corrected chi connectivity index (χ2v) is 3.98. The van der Waals surface area contributed by atoms with Crippen molar-refractivity contribution in [3.05, 3.63) is 46.1 Å². The molecular formula is C13H12N2O4. The fourth-order valence-electron chi connectivity index (χ4n) is 1.79. The van der Waals surface area contributed by atoms with Crippen LogP contribution in [0, 0.1) is 10.1 Å². The van der Waals surface area contributed by atoms with E-state index in [-0.39, 0.29) is 18.1 Å². The second kappa shape index (κ2) is 5.43. The number of nitro groups is 1. The summed E-state index contributed by atoms with van der Waals surface area (Å²) in [7, 11) is 1.32. The number of nitro benzene ring substituents is 1. The standard InChI is InChI=1S/C13H12N2O4/c1-19-12(16)8-7-10-6-5-9-3-2-4-11(15(17)18)13(9)14-10/h2-6H,7-8H2,1H3. The summed E-state index contributed by atoms with van der Waals surface area (Å²) in [6, 6.07) is 8.33. The number of methoxy groups -OCH3 is 1. The Bertz CT molecular complexity index is 640. The number of pyridine rings is 1. The van der Waals surface area contributed by atoms with E-state index in [2.05, 4.69) is 9.72 Å². The van der Waals surface area contributed by atoms with Crippen molar-refractivity contribution in [2.75, 3.05) is 7.11 Å². The van der Waals surface area contributed by atoms with Crippen molar-refractivity contribution in [1.29, 1.82) is 0 Å².